The van der Waals surface area contributed by atoms with Gasteiger partial charge in [-0.25, -0.2) is 9.78 Å². The van der Waals surface area contributed by atoms with Crippen molar-refractivity contribution in [3.05, 3.63) is 41.1 Å². The molecule has 2 atom stereocenters. The van der Waals surface area contributed by atoms with Gasteiger partial charge in [0.25, 0.3) is 5.91 Å². The van der Waals surface area contributed by atoms with Crippen LogP contribution in [0.15, 0.2) is 24.3 Å². The molecule has 4 rings (SSSR count). The van der Waals surface area contributed by atoms with Crippen LogP contribution >= 0.6 is 0 Å². The molecule has 1 fully saturated rings. The fourth-order valence-corrected chi connectivity index (χ4v) is 4.53. The molecule has 1 aromatic carbocycles. The third-order valence-corrected chi connectivity index (χ3v) is 6.81. The van der Waals surface area contributed by atoms with Gasteiger partial charge in [0.05, 0.1) is 38.0 Å². The molecule has 4 N–H and O–H groups in total. The predicted octanol–water partition coefficient (Wildman–Crippen LogP) is 1.53. The first-order valence-electron chi connectivity index (χ1n) is 13.6. The van der Waals surface area contributed by atoms with Gasteiger partial charge in [-0.05, 0) is 50.5 Å². The van der Waals surface area contributed by atoms with Gasteiger partial charge in [0.15, 0.2) is 0 Å². The van der Waals surface area contributed by atoms with Crippen molar-refractivity contribution >= 4 is 23.8 Å². The summed E-state index contributed by atoms with van der Waals surface area (Å²) < 4.78 is 16.0. The zero-order valence-electron chi connectivity index (χ0n) is 24.2. The zero-order chi connectivity index (χ0) is 29.7. The largest absolute Gasteiger partial charge is 0.508 e. The molecule has 13 heteroatoms. The minimum absolute atomic E-state index is 0.0923. The highest BCUT2D eigenvalue weighted by atomic mass is 16.6. The lowest BCUT2D eigenvalue weighted by Gasteiger charge is -2.40. The van der Waals surface area contributed by atoms with Crippen molar-refractivity contribution in [2.45, 2.75) is 57.5 Å². The highest BCUT2D eigenvalue weighted by Gasteiger charge is 2.37. The molecule has 13 nitrogen and oxygen atoms in total. The lowest BCUT2D eigenvalue weighted by Crippen LogP contribution is -2.54. The first-order chi connectivity index (χ1) is 19.4. The number of ether oxygens (including phenoxy) is 3. The molecule has 2 amide bonds. The molecule has 41 heavy (non-hydrogen) atoms. The van der Waals surface area contributed by atoms with Gasteiger partial charge in [0.2, 0.25) is 5.95 Å². The lowest BCUT2D eigenvalue weighted by atomic mass is 9.91. The molecule has 0 bridgehead atoms. The van der Waals surface area contributed by atoms with Crippen LogP contribution in [0.25, 0.3) is 0 Å². The van der Waals surface area contributed by atoms with E-state index in [-0.39, 0.29) is 30.6 Å². The van der Waals surface area contributed by atoms with Gasteiger partial charge in [-0.1, -0.05) is 6.07 Å². The second kappa shape index (κ2) is 12.9. The van der Waals surface area contributed by atoms with E-state index in [9.17, 15) is 19.8 Å². The molecule has 2 aliphatic heterocycles. The number of phenolic OH excluding ortho intramolecular Hbond substituents is 1. The van der Waals surface area contributed by atoms with Gasteiger partial charge in [0, 0.05) is 39.9 Å². The number of aliphatic hydroxyl groups is 1. The van der Waals surface area contributed by atoms with Gasteiger partial charge in [0.1, 0.15) is 22.9 Å². The summed E-state index contributed by atoms with van der Waals surface area (Å²) in [6.07, 6.45) is -1.37. The highest BCUT2D eigenvalue weighted by molar-refractivity contribution is 5.93. The van der Waals surface area contributed by atoms with Crippen molar-refractivity contribution in [2.75, 3.05) is 57.3 Å². The number of rotatable bonds is 10. The van der Waals surface area contributed by atoms with E-state index in [0.717, 1.165) is 11.1 Å². The molecule has 0 spiro atoms. The van der Waals surface area contributed by atoms with Crippen LogP contribution in [0, 0.1) is 0 Å². The molecule has 0 unspecified atom stereocenters. The van der Waals surface area contributed by atoms with Crippen LogP contribution in [0.3, 0.4) is 0 Å². The van der Waals surface area contributed by atoms with Crippen molar-refractivity contribution in [3.8, 4) is 5.75 Å². The summed E-state index contributed by atoms with van der Waals surface area (Å²) in [6.45, 7) is 7.40. The van der Waals surface area contributed by atoms with Crippen LogP contribution in [0.5, 0.6) is 5.75 Å². The number of aromatic nitrogens is 2. The Morgan fingerprint density at radius 3 is 2.63 bits per heavy atom. The smallest absolute Gasteiger partial charge is 0.410 e. The Labute approximate surface area is 239 Å². The predicted molar refractivity (Wildman–Crippen MR) is 151 cm³/mol. The lowest BCUT2D eigenvalue weighted by molar-refractivity contribution is -0.0113. The average molecular weight is 573 g/mol. The summed E-state index contributed by atoms with van der Waals surface area (Å²) >= 11 is 0. The Bertz CT molecular complexity index is 1230. The van der Waals surface area contributed by atoms with Crippen molar-refractivity contribution < 1.29 is 34.0 Å². The highest BCUT2D eigenvalue weighted by Crippen LogP contribution is 2.29. The molecule has 1 saturated heterocycles. The number of benzene rings is 1. The molecular weight excluding hydrogens is 532 g/mol. The third-order valence-electron chi connectivity index (χ3n) is 6.81. The van der Waals surface area contributed by atoms with E-state index in [2.05, 4.69) is 20.6 Å². The average Bonchev–Trinajstić information content (AvgIpc) is 2.90. The van der Waals surface area contributed by atoms with Crippen molar-refractivity contribution in [3.63, 3.8) is 0 Å². The van der Waals surface area contributed by atoms with Gasteiger partial charge in [-0.15, -0.1) is 0 Å². The van der Waals surface area contributed by atoms with Crippen LogP contribution in [-0.2, 0) is 27.2 Å². The topological polar surface area (TPSA) is 159 Å². The molecule has 3 heterocycles. The number of hydrogen-bond donors (Lipinski definition) is 4. The number of methoxy groups -OCH3 is 1. The van der Waals surface area contributed by atoms with Crippen LogP contribution in [0.2, 0.25) is 0 Å². The summed E-state index contributed by atoms with van der Waals surface area (Å²) in [4.78, 5) is 38.5. The van der Waals surface area contributed by atoms with Crippen LogP contribution in [0.4, 0.5) is 16.6 Å². The number of likely N-dealkylation sites (N-methyl/N-ethyl adjacent to an activating group) is 1. The van der Waals surface area contributed by atoms with Crippen molar-refractivity contribution in [2.24, 2.45) is 0 Å². The number of carbonyl (C=O) groups is 2. The van der Waals surface area contributed by atoms with Crippen LogP contribution in [-0.4, -0.2) is 108 Å². The van der Waals surface area contributed by atoms with E-state index in [4.69, 9.17) is 14.2 Å². The number of fused-ring (bicyclic) bond motifs is 1. The molecular formula is C28H40N6O7. The van der Waals surface area contributed by atoms with E-state index >= 15 is 0 Å². The van der Waals surface area contributed by atoms with E-state index in [1.807, 2.05) is 7.05 Å². The van der Waals surface area contributed by atoms with Crippen molar-refractivity contribution in [1.82, 2.24) is 20.2 Å². The third kappa shape index (κ3) is 7.96. The first kappa shape index (κ1) is 30.3. The molecule has 2 aliphatic rings. The minimum Gasteiger partial charge on any atom is -0.508 e. The van der Waals surface area contributed by atoms with E-state index in [0.29, 0.717) is 44.6 Å². The first-order valence-corrected chi connectivity index (χ1v) is 13.6. The maximum atomic E-state index is 13.2. The van der Waals surface area contributed by atoms with E-state index in [1.54, 1.807) is 57.0 Å². The number of carbonyl (C=O) groups excluding carboxylic acids is 2. The van der Waals surface area contributed by atoms with Gasteiger partial charge in [-0.3, -0.25) is 9.69 Å². The van der Waals surface area contributed by atoms with Crippen LogP contribution < -0.4 is 15.5 Å². The molecule has 1 aromatic heterocycles. The van der Waals surface area contributed by atoms with Crippen molar-refractivity contribution in [1.29, 1.82) is 0 Å². The number of hydrogen-bond acceptors (Lipinski definition) is 11. The number of nitrogens with zero attached hydrogens (tertiary/aromatic N) is 4. The molecule has 0 radical (unpaired) electrons. The molecule has 0 aliphatic carbocycles. The number of aromatic hydroxyl groups is 1. The van der Waals surface area contributed by atoms with E-state index < -0.39 is 29.7 Å². The fourth-order valence-electron chi connectivity index (χ4n) is 4.53. The normalized spacial score (nSPS) is 17.7. The number of aliphatic hydroxyl groups excluding tert-OH is 1. The summed E-state index contributed by atoms with van der Waals surface area (Å²) in [7, 11) is 3.41. The quantitative estimate of drug-likeness (QED) is 0.327. The Morgan fingerprint density at radius 2 is 1.98 bits per heavy atom. The standard InChI is InChI=1S/C28H40N6O7/c1-28(2,3)41-27(38)34-14-18-10-20(35)7-6-17(18)11-22(34)23(36)13-29-25(37)21-12-24(30-19-15-40-16-19)32-26(31-21)33(4)8-9-39-5/h6-7,10,12,19,22-23,35-36H,8-9,11,13-16H2,1-5H3,(H,29,37)(H,30,31,32)/t22-,23+/m0/s1. The number of nitrogens with one attached hydrogen (secondary N) is 2. The van der Waals surface area contributed by atoms with Crippen LogP contribution in [0.1, 0.15) is 42.4 Å². The zero-order valence-corrected chi connectivity index (χ0v) is 24.2. The summed E-state index contributed by atoms with van der Waals surface area (Å²) in [5.74, 6) is 0.434. The minimum atomic E-state index is -1.11. The second-order valence-electron chi connectivity index (χ2n) is 11.3. The fraction of sp³-hybridized carbons (Fsp3) is 0.571. The SMILES string of the molecule is COCCN(C)c1nc(NC2COC2)cc(C(=O)NC[C@@H](O)[C@@H]2Cc3ccc(O)cc3CN2C(=O)OC(C)(C)C)n1. The molecule has 0 saturated carbocycles. The van der Waals surface area contributed by atoms with Gasteiger partial charge < -0.3 is 40.0 Å². The summed E-state index contributed by atoms with van der Waals surface area (Å²) in [5, 5.41) is 27.2. The summed E-state index contributed by atoms with van der Waals surface area (Å²) in [6, 6.07) is 5.94. The maximum absolute atomic E-state index is 13.2. The van der Waals surface area contributed by atoms with Gasteiger partial charge in [-0.2, -0.15) is 4.98 Å². The Morgan fingerprint density at radius 1 is 1.22 bits per heavy atom. The Hall–Kier alpha value is -3.68. The van der Waals surface area contributed by atoms with Gasteiger partial charge >= 0.3 is 6.09 Å². The number of amides is 2. The Kier molecular flexibility index (Phi) is 9.51. The second-order valence-corrected chi connectivity index (χ2v) is 11.3. The maximum Gasteiger partial charge on any atom is 0.410 e. The Balaban J connectivity index is 1.49. The number of anilines is 2. The summed E-state index contributed by atoms with van der Waals surface area (Å²) in [5.41, 5.74) is 1.06. The molecule has 2 aromatic rings. The monoisotopic (exact) mass is 572 g/mol. The molecule has 224 valence electrons. The van der Waals surface area contributed by atoms with E-state index in [1.165, 1.54) is 4.90 Å². The number of phenols is 1.